The summed E-state index contributed by atoms with van der Waals surface area (Å²) in [5.41, 5.74) is -1.57. The summed E-state index contributed by atoms with van der Waals surface area (Å²) in [6.45, 7) is 1.52. The van der Waals surface area contributed by atoms with Gasteiger partial charge in [-0.25, -0.2) is 4.79 Å². The van der Waals surface area contributed by atoms with E-state index in [1.54, 1.807) is 0 Å². The van der Waals surface area contributed by atoms with Gasteiger partial charge in [0.15, 0.2) is 17.1 Å². The lowest BCUT2D eigenvalue weighted by Gasteiger charge is -2.12. The molecule has 0 spiro atoms. The quantitative estimate of drug-likeness (QED) is 0.334. The van der Waals surface area contributed by atoms with E-state index in [-0.39, 0.29) is 37.5 Å². The number of aromatic hydroxyl groups is 3. The fourth-order valence-corrected chi connectivity index (χ4v) is 3.02. The number of rotatable bonds is 1. The number of carbonyl (C=O) groups is 1. The molecule has 1 heterocycles. The predicted molar refractivity (Wildman–Crippen MR) is 91.1 cm³/mol. The van der Waals surface area contributed by atoms with Crippen LogP contribution in [0.4, 0.5) is 0 Å². The van der Waals surface area contributed by atoms with Crippen LogP contribution in [0.15, 0.2) is 15.3 Å². The molecule has 0 amide bonds. The van der Waals surface area contributed by atoms with Crippen LogP contribution in [0.3, 0.4) is 0 Å². The first-order chi connectivity index (χ1) is 11.7. The Labute approximate surface area is 149 Å². The molecule has 0 unspecified atom stereocenters. The van der Waals surface area contributed by atoms with Gasteiger partial charge in [0.2, 0.25) is 5.43 Å². The van der Waals surface area contributed by atoms with E-state index < -0.39 is 34.2 Å². The Kier molecular flexibility index (Phi) is 3.93. The summed E-state index contributed by atoms with van der Waals surface area (Å²) in [6.07, 6.45) is 0. The Bertz CT molecular complexity index is 1130. The van der Waals surface area contributed by atoms with Crippen LogP contribution in [-0.4, -0.2) is 28.4 Å². The number of fused-ring (bicyclic) bond motifs is 2. The molecule has 1 aromatic heterocycles. The van der Waals surface area contributed by atoms with Crippen molar-refractivity contribution in [2.45, 2.75) is 6.92 Å². The van der Waals surface area contributed by atoms with Gasteiger partial charge in [-0.3, -0.25) is 4.79 Å². The Morgan fingerprint density at radius 1 is 1.12 bits per heavy atom. The van der Waals surface area contributed by atoms with E-state index in [2.05, 4.69) is 4.74 Å². The number of phenolic OH excluding ortho intramolecular Hbond substituents is 3. The molecule has 25 heavy (non-hydrogen) atoms. The van der Waals surface area contributed by atoms with Crippen LogP contribution in [0.1, 0.15) is 15.9 Å². The van der Waals surface area contributed by atoms with Gasteiger partial charge in [-0.1, -0.05) is 23.2 Å². The minimum absolute atomic E-state index is 0.0102. The highest BCUT2D eigenvalue weighted by molar-refractivity contribution is 6.40. The van der Waals surface area contributed by atoms with Crippen LogP contribution in [0.25, 0.3) is 21.9 Å². The van der Waals surface area contributed by atoms with Crippen molar-refractivity contribution in [3.63, 3.8) is 0 Å². The van der Waals surface area contributed by atoms with Crippen molar-refractivity contribution in [3.05, 3.63) is 37.5 Å². The second-order valence-electron chi connectivity index (χ2n) is 5.22. The van der Waals surface area contributed by atoms with Gasteiger partial charge >= 0.3 is 5.97 Å². The van der Waals surface area contributed by atoms with Crippen molar-refractivity contribution < 1.29 is 29.3 Å². The third-order valence-corrected chi connectivity index (χ3v) is 4.75. The molecule has 130 valence electrons. The number of carbonyl (C=O) groups excluding carboxylic acids is 1. The van der Waals surface area contributed by atoms with Crippen molar-refractivity contribution in [3.8, 4) is 17.2 Å². The average molecular weight is 385 g/mol. The van der Waals surface area contributed by atoms with Gasteiger partial charge < -0.3 is 24.5 Å². The van der Waals surface area contributed by atoms with Crippen LogP contribution in [0, 0.1) is 6.92 Å². The summed E-state index contributed by atoms with van der Waals surface area (Å²) < 4.78 is 10.1. The molecule has 9 heteroatoms. The number of benzene rings is 2. The molecule has 3 N–H and O–H groups in total. The van der Waals surface area contributed by atoms with E-state index in [1.807, 2.05) is 0 Å². The fourth-order valence-electron chi connectivity index (χ4n) is 2.55. The monoisotopic (exact) mass is 384 g/mol. The summed E-state index contributed by atoms with van der Waals surface area (Å²) in [6, 6.07) is 0.954. The van der Waals surface area contributed by atoms with E-state index >= 15 is 0 Å². The second kappa shape index (κ2) is 5.72. The molecule has 0 bridgehead atoms. The average Bonchev–Trinajstić information content (AvgIpc) is 2.58. The molecule has 0 aliphatic carbocycles. The first-order valence-electron chi connectivity index (χ1n) is 6.81. The lowest BCUT2D eigenvalue weighted by atomic mass is 10.0. The molecular formula is C16H10Cl2O7. The number of ether oxygens (including phenoxy) is 1. The molecule has 0 radical (unpaired) electrons. The third-order valence-electron chi connectivity index (χ3n) is 3.83. The van der Waals surface area contributed by atoms with Gasteiger partial charge in [-0.2, -0.15) is 0 Å². The van der Waals surface area contributed by atoms with Crippen LogP contribution in [-0.2, 0) is 4.74 Å². The van der Waals surface area contributed by atoms with E-state index in [0.29, 0.717) is 0 Å². The SMILES string of the molecule is COC(=O)c1c(O)c(O)cc2oc3c(Cl)c(C)c(Cl)c(O)c3c(=O)c12. The zero-order chi connectivity index (χ0) is 18.6. The number of hydrogen-bond acceptors (Lipinski definition) is 7. The van der Waals surface area contributed by atoms with Crippen LogP contribution >= 0.6 is 23.2 Å². The number of esters is 1. The summed E-state index contributed by atoms with van der Waals surface area (Å²) in [4.78, 5) is 24.9. The Balaban J connectivity index is 2.70. The van der Waals surface area contributed by atoms with E-state index in [4.69, 9.17) is 27.6 Å². The van der Waals surface area contributed by atoms with Gasteiger partial charge in [-0.05, 0) is 12.5 Å². The molecule has 3 aromatic rings. The van der Waals surface area contributed by atoms with Gasteiger partial charge in [0.05, 0.1) is 22.5 Å². The van der Waals surface area contributed by atoms with Crippen molar-refractivity contribution >= 4 is 51.1 Å². The zero-order valence-electron chi connectivity index (χ0n) is 12.8. The largest absolute Gasteiger partial charge is 0.505 e. The molecule has 0 aliphatic rings. The molecule has 2 aromatic carbocycles. The van der Waals surface area contributed by atoms with Crippen molar-refractivity contribution in [2.24, 2.45) is 0 Å². The van der Waals surface area contributed by atoms with Gasteiger partial charge in [0.1, 0.15) is 22.3 Å². The number of methoxy groups -OCH3 is 1. The molecule has 0 fully saturated rings. The van der Waals surface area contributed by atoms with E-state index in [1.165, 1.54) is 6.92 Å². The van der Waals surface area contributed by atoms with Crippen molar-refractivity contribution in [1.29, 1.82) is 0 Å². The molecule has 0 saturated carbocycles. The maximum atomic E-state index is 12.9. The molecule has 0 aliphatic heterocycles. The molecular weight excluding hydrogens is 375 g/mol. The van der Waals surface area contributed by atoms with Crippen LogP contribution in [0.2, 0.25) is 10.0 Å². The lowest BCUT2D eigenvalue weighted by molar-refractivity contribution is 0.0599. The highest BCUT2D eigenvalue weighted by Gasteiger charge is 2.27. The smallest absolute Gasteiger partial charge is 0.342 e. The van der Waals surface area contributed by atoms with Crippen LogP contribution < -0.4 is 5.43 Å². The van der Waals surface area contributed by atoms with Crippen LogP contribution in [0.5, 0.6) is 17.2 Å². The first kappa shape index (κ1) is 17.2. The summed E-state index contributed by atoms with van der Waals surface area (Å²) in [5.74, 6) is -3.19. The number of hydrogen-bond donors (Lipinski definition) is 3. The molecule has 7 nitrogen and oxygen atoms in total. The third kappa shape index (κ3) is 2.27. The molecule has 3 rings (SSSR count). The lowest BCUT2D eigenvalue weighted by Crippen LogP contribution is -2.11. The number of halogens is 2. The maximum absolute atomic E-state index is 12.9. The normalized spacial score (nSPS) is 11.2. The second-order valence-corrected chi connectivity index (χ2v) is 5.98. The number of phenols is 3. The minimum atomic E-state index is -1.08. The standard InChI is InChI=1S/C16H10Cl2O7/c1-4-10(17)14(22)9-13(21)7-6(25-15(9)11(4)18)3-5(19)12(20)8(7)16(23)24-2/h3,19-20,22H,1-2H3. The molecule has 0 saturated heterocycles. The summed E-state index contributed by atoms with van der Waals surface area (Å²) in [5, 5.41) is 29.1. The van der Waals surface area contributed by atoms with Gasteiger partial charge in [-0.15, -0.1) is 0 Å². The fraction of sp³-hybridized carbons (Fsp3) is 0.125. The van der Waals surface area contributed by atoms with E-state index in [0.717, 1.165) is 13.2 Å². The topological polar surface area (TPSA) is 117 Å². The first-order valence-corrected chi connectivity index (χ1v) is 7.56. The maximum Gasteiger partial charge on any atom is 0.342 e. The minimum Gasteiger partial charge on any atom is -0.505 e. The molecule has 0 atom stereocenters. The predicted octanol–water partition coefficient (Wildman–Crippen LogP) is 3.46. The van der Waals surface area contributed by atoms with Gasteiger partial charge in [0, 0.05) is 6.07 Å². The van der Waals surface area contributed by atoms with Crippen molar-refractivity contribution in [2.75, 3.05) is 7.11 Å². The van der Waals surface area contributed by atoms with Crippen molar-refractivity contribution in [1.82, 2.24) is 0 Å². The highest BCUT2D eigenvalue weighted by atomic mass is 35.5. The van der Waals surface area contributed by atoms with Gasteiger partial charge in [0.25, 0.3) is 0 Å². The Morgan fingerprint density at radius 3 is 2.36 bits per heavy atom. The van der Waals surface area contributed by atoms with E-state index in [9.17, 15) is 24.9 Å². The highest BCUT2D eigenvalue weighted by Crippen LogP contribution is 2.42. The Morgan fingerprint density at radius 2 is 1.76 bits per heavy atom. The Hall–Kier alpha value is -2.64. The zero-order valence-corrected chi connectivity index (χ0v) is 14.3. The summed E-state index contributed by atoms with van der Waals surface area (Å²) >= 11 is 12.1. The summed E-state index contributed by atoms with van der Waals surface area (Å²) in [7, 11) is 1.04.